The van der Waals surface area contributed by atoms with E-state index in [-0.39, 0.29) is 5.69 Å². The number of benzene rings is 1. The second-order valence-corrected chi connectivity index (χ2v) is 4.58. The van der Waals surface area contributed by atoms with Gasteiger partial charge in [-0.05, 0) is 6.07 Å². The first kappa shape index (κ1) is 12.3. The van der Waals surface area contributed by atoms with Crippen molar-refractivity contribution in [3.63, 3.8) is 0 Å². The first-order chi connectivity index (χ1) is 9.69. The van der Waals surface area contributed by atoms with E-state index in [1.807, 2.05) is 11.1 Å². The fourth-order valence-corrected chi connectivity index (χ4v) is 2.42. The Hall–Kier alpha value is -2.70. The first-order valence-corrected chi connectivity index (χ1v) is 6.17. The lowest BCUT2D eigenvalue weighted by Crippen LogP contribution is -2.34. The predicted octanol–water partition coefficient (Wildman–Crippen LogP) is 1.62. The summed E-state index contributed by atoms with van der Waals surface area (Å²) < 4.78 is 2.06. The Bertz CT molecular complexity index is 680. The normalized spacial score (nSPS) is 13.9. The van der Waals surface area contributed by atoms with Crippen molar-refractivity contribution in [2.24, 2.45) is 0 Å². The molecule has 1 aliphatic heterocycles. The molecule has 3 rings (SSSR count). The van der Waals surface area contributed by atoms with Crippen LogP contribution in [-0.4, -0.2) is 27.3 Å². The molecule has 0 unspecified atom stereocenters. The highest BCUT2D eigenvalue weighted by molar-refractivity contribution is 5.86. The van der Waals surface area contributed by atoms with E-state index in [9.17, 15) is 14.9 Å². The Morgan fingerprint density at radius 2 is 2.20 bits per heavy atom. The van der Waals surface area contributed by atoms with Crippen LogP contribution in [0.4, 0.5) is 11.4 Å². The molecule has 0 atom stereocenters. The van der Waals surface area contributed by atoms with Crippen molar-refractivity contribution in [3.8, 4) is 0 Å². The molecule has 0 aliphatic carbocycles. The number of imidazole rings is 1. The number of nitro benzene ring substituents is 1. The minimum Gasteiger partial charge on any atom is -0.362 e. The Balaban J connectivity index is 1.95. The number of carbonyl (C=O) groups is 1. The van der Waals surface area contributed by atoms with Gasteiger partial charge in [0.05, 0.1) is 11.5 Å². The number of hydrogen-bond acceptors (Lipinski definition) is 5. The molecule has 1 aliphatic rings. The molecule has 2 aromatic rings. The molecule has 0 radical (unpaired) electrons. The Labute approximate surface area is 114 Å². The number of anilines is 1. The van der Waals surface area contributed by atoms with Crippen LogP contribution in [0.5, 0.6) is 0 Å². The van der Waals surface area contributed by atoms with Gasteiger partial charge < -0.3 is 9.47 Å². The third-order valence-electron chi connectivity index (χ3n) is 3.43. The number of nitrogens with zero attached hydrogens (tertiary/aromatic N) is 4. The standard InChI is InChI=1S/C13H12N4O3/c18-9-10-7-11(17(19)20)1-2-12(10)16-6-5-15-4-3-14-13(15)8-16/h1-4,7,9H,5-6,8H2. The molecule has 0 fully saturated rings. The number of non-ortho nitro benzene ring substituents is 1. The molecule has 102 valence electrons. The summed E-state index contributed by atoms with van der Waals surface area (Å²) in [6.45, 7) is 2.11. The number of fused-ring (bicyclic) bond motifs is 1. The Morgan fingerprint density at radius 3 is 2.95 bits per heavy atom. The maximum atomic E-state index is 11.2. The maximum absolute atomic E-state index is 11.2. The van der Waals surface area contributed by atoms with Crippen LogP contribution < -0.4 is 4.90 Å². The smallest absolute Gasteiger partial charge is 0.270 e. The van der Waals surface area contributed by atoms with Gasteiger partial charge in [0.1, 0.15) is 5.82 Å². The minimum atomic E-state index is -0.500. The molecule has 2 heterocycles. The highest BCUT2D eigenvalue weighted by atomic mass is 16.6. The zero-order valence-corrected chi connectivity index (χ0v) is 10.6. The zero-order chi connectivity index (χ0) is 14.1. The summed E-state index contributed by atoms with van der Waals surface area (Å²) in [4.78, 5) is 27.7. The van der Waals surface area contributed by atoms with E-state index in [1.54, 1.807) is 12.3 Å². The SMILES string of the molecule is O=Cc1cc([N+](=O)[O-])ccc1N1CCn2ccnc2C1. The molecule has 20 heavy (non-hydrogen) atoms. The number of carbonyl (C=O) groups excluding carboxylic acids is 1. The topological polar surface area (TPSA) is 81.3 Å². The molecular weight excluding hydrogens is 260 g/mol. The summed E-state index contributed by atoms with van der Waals surface area (Å²) in [6, 6.07) is 4.35. The number of nitro groups is 1. The number of rotatable bonds is 3. The predicted molar refractivity (Wildman–Crippen MR) is 71.8 cm³/mol. The van der Waals surface area contributed by atoms with Crippen molar-refractivity contribution in [1.82, 2.24) is 9.55 Å². The van der Waals surface area contributed by atoms with Crippen LogP contribution in [0, 0.1) is 10.1 Å². The molecule has 0 N–H and O–H groups in total. The van der Waals surface area contributed by atoms with Gasteiger partial charge in [-0.2, -0.15) is 0 Å². The first-order valence-electron chi connectivity index (χ1n) is 6.17. The van der Waals surface area contributed by atoms with E-state index in [2.05, 4.69) is 9.55 Å². The molecule has 0 amide bonds. The van der Waals surface area contributed by atoms with Crippen LogP contribution in [0.15, 0.2) is 30.6 Å². The average Bonchev–Trinajstić information content (AvgIpc) is 2.93. The summed E-state index contributed by atoms with van der Waals surface area (Å²) in [6.07, 6.45) is 4.32. The minimum absolute atomic E-state index is 0.0747. The molecule has 0 spiro atoms. The molecular formula is C13H12N4O3. The van der Waals surface area contributed by atoms with Crippen molar-refractivity contribution in [3.05, 3.63) is 52.1 Å². The van der Waals surface area contributed by atoms with Gasteiger partial charge in [-0.1, -0.05) is 0 Å². The van der Waals surface area contributed by atoms with Crippen LogP contribution >= 0.6 is 0 Å². The van der Waals surface area contributed by atoms with Crippen LogP contribution in [0.1, 0.15) is 16.2 Å². The lowest BCUT2D eigenvalue weighted by Gasteiger charge is -2.30. The fourth-order valence-electron chi connectivity index (χ4n) is 2.42. The maximum Gasteiger partial charge on any atom is 0.270 e. The monoisotopic (exact) mass is 272 g/mol. The third-order valence-corrected chi connectivity index (χ3v) is 3.43. The summed E-state index contributed by atoms with van der Waals surface area (Å²) in [5, 5.41) is 10.7. The fraction of sp³-hybridized carbons (Fsp3) is 0.231. The molecule has 7 nitrogen and oxygen atoms in total. The van der Waals surface area contributed by atoms with Crippen molar-refractivity contribution >= 4 is 17.7 Å². The number of aldehydes is 1. The second kappa shape index (κ2) is 4.76. The van der Waals surface area contributed by atoms with Gasteiger partial charge in [0.15, 0.2) is 6.29 Å². The second-order valence-electron chi connectivity index (χ2n) is 4.58. The molecule has 0 saturated carbocycles. The lowest BCUT2D eigenvalue weighted by molar-refractivity contribution is -0.384. The van der Waals surface area contributed by atoms with Gasteiger partial charge in [-0.25, -0.2) is 4.98 Å². The molecule has 0 bridgehead atoms. The summed E-state index contributed by atoms with van der Waals surface area (Å²) >= 11 is 0. The van der Waals surface area contributed by atoms with Gasteiger partial charge >= 0.3 is 0 Å². The van der Waals surface area contributed by atoms with Crippen molar-refractivity contribution in [2.45, 2.75) is 13.1 Å². The van der Waals surface area contributed by atoms with E-state index in [0.717, 1.165) is 18.9 Å². The summed E-state index contributed by atoms with van der Waals surface area (Å²) in [7, 11) is 0. The van der Waals surface area contributed by atoms with Gasteiger partial charge in [0.25, 0.3) is 5.69 Å². The van der Waals surface area contributed by atoms with Crippen LogP contribution in [0.3, 0.4) is 0 Å². The Kier molecular flexibility index (Phi) is 2.94. The van der Waals surface area contributed by atoms with Crippen molar-refractivity contribution in [1.29, 1.82) is 0 Å². The zero-order valence-electron chi connectivity index (χ0n) is 10.6. The van der Waals surface area contributed by atoms with E-state index in [1.165, 1.54) is 12.1 Å². The average molecular weight is 272 g/mol. The van der Waals surface area contributed by atoms with E-state index in [0.29, 0.717) is 24.1 Å². The van der Waals surface area contributed by atoms with Crippen LogP contribution in [-0.2, 0) is 13.1 Å². The summed E-state index contributed by atoms with van der Waals surface area (Å²) in [5.74, 6) is 0.923. The van der Waals surface area contributed by atoms with E-state index < -0.39 is 4.92 Å². The number of hydrogen-bond donors (Lipinski definition) is 0. The molecule has 1 aromatic carbocycles. The van der Waals surface area contributed by atoms with Gasteiger partial charge in [-0.15, -0.1) is 0 Å². The van der Waals surface area contributed by atoms with Gasteiger partial charge in [0.2, 0.25) is 0 Å². The largest absolute Gasteiger partial charge is 0.362 e. The van der Waals surface area contributed by atoms with E-state index >= 15 is 0 Å². The van der Waals surface area contributed by atoms with Crippen molar-refractivity contribution in [2.75, 3.05) is 11.4 Å². The van der Waals surface area contributed by atoms with Gasteiger partial charge in [-0.3, -0.25) is 14.9 Å². The van der Waals surface area contributed by atoms with Gasteiger partial charge in [0, 0.05) is 48.9 Å². The third kappa shape index (κ3) is 2.03. The van der Waals surface area contributed by atoms with Crippen LogP contribution in [0.25, 0.3) is 0 Å². The van der Waals surface area contributed by atoms with Crippen LogP contribution in [0.2, 0.25) is 0 Å². The Morgan fingerprint density at radius 1 is 1.35 bits per heavy atom. The number of aromatic nitrogens is 2. The van der Waals surface area contributed by atoms with E-state index in [4.69, 9.17) is 0 Å². The lowest BCUT2D eigenvalue weighted by atomic mass is 10.1. The summed E-state index contributed by atoms with van der Waals surface area (Å²) in [5.41, 5.74) is 0.966. The van der Waals surface area contributed by atoms with Crippen molar-refractivity contribution < 1.29 is 9.72 Å². The highest BCUT2D eigenvalue weighted by Crippen LogP contribution is 2.27. The molecule has 7 heteroatoms. The molecule has 0 saturated heterocycles. The molecule has 1 aromatic heterocycles. The quantitative estimate of drug-likeness (QED) is 0.482. The highest BCUT2D eigenvalue weighted by Gasteiger charge is 2.20.